The second kappa shape index (κ2) is 9.29. The van der Waals surface area contributed by atoms with Crippen LogP contribution < -0.4 is 10.6 Å². The van der Waals surface area contributed by atoms with Gasteiger partial charge in [-0.2, -0.15) is 13.2 Å². The number of amides is 2. The number of hydrogen-bond donors (Lipinski definition) is 2. The molecular weight excluding hydrogens is 495 g/mol. The summed E-state index contributed by atoms with van der Waals surface area (Å²) in [5.41, 5.74) is -2.51. The molecule has 8 nitrogen and oxygen atoms in total. The quantitative estimate of drug-likeness (QED) is 0.594. The average Bonchev–Trinajstić information content (AvgIpc) is 3.37. The molecule has 36 heavy (non-hydrogen) atoms. The Hall–Kier alpha value is -2.73. The Morgan fingerprint density at radius 2 is 1.94 bits per heavy atom. The highest BCUT2D eigenvalue weighted by molar-refractivity contribution is 7.17. The summed E-state index contributed by atoms with van der Waals surface area (Å²) < 4.78 is 47.8. The van der Waals surface area contributed by atoms with Gasteiger partial charge >= 0.3 is 6.18 Å². The minimum absolute atomic E-state index is 0.0265. The van der Waals surface area contributed by atoms with Crippen molar-refractivity contribution in [3.8, 4) is 10.4 Å². The van der Waals surface area contributed by atoms with Crippen molar-refractivity contribution in [2.45, 2.75) is 70.8 Å². The molecule has 2 fully saturated rings. The van der Waals surface area contributed by atoms with Gasteiger partial charge in [-0.3, -0.25) is 9.59 Å². The highest BCUT2D eigenvalue weighted by atomic mass is 32.1. The van der Waals surface area contributed by atoms with Crippen molar-refractivity contribution in [3.63, 3.8) is 0 Å². The summed E-state index contributed by atoms with van der Waals surface area (Å²) in [5, 5.41) is 5.67. The van der Waals surface area contributed by atoms with Gasteiger partial charge in [-0.05, 0) is 53.5 Å². The SMILES string of the molecule is CC1CCCN1C(=O)c1nc(C(=O)NC2(C)COC2)sc1-c1cnc(NC(C)(C)C)cc1C(F)(F)F. The summed E-state index contributed by atoms with van der Waals surface area (Å²) in [6.45, 7) is 10.2. The lowest BCUT2D eigenvalue weighted by Gasteiger charge is -2.38. The number of carbonyl (C=O) groups excluding carboxylic acids is 2. The van der Waals surface area contributed by atoms with Gasteiger partial charge in [0.2, 0.25) is 0 Å². The van der Waals surface area contributed by atoms with Crippen LogP contribution in [0.25, 0.3) is 10.4 Å². The predicted octanol–water partition coefficient (Wildman–Crippen LogP) is 4.58. The molecule has 2 aliphatic heterocycles. The third kappa shape index (κ3) is 5.49. The molecule has 2 aliphatic rings. The number of aromatic nitrogens is 2. The first-order valence-corrected chi connectivity index (χ1v) is 12.6. The van der Waals surface area contributed by atoms with Gasteiger partial charge < -0.3 is 20.3 Å². The molecule has 1 unspecified atom stereocenters. The minimum Gasteiger partial charge on any atom is -0.376 e. The number of likely N-dealkylation sites (tertiary alicyclic amines) is 1. The Bertz CT molecular complexity index is 1170. The summed E-state index contributed by atoms with van der Waals surface area (Å²) in [5.74, 6) is -0.998. The zero-order valence-electron chi connectivity index (χ0n) is 20.9. The van der Waals surface area contributed by atoms with Crippen LogP contribution in [0.2, 0.25) is 0 Å². The van der Waals surface area contributed by atoms with Crippen molar-refractivity contribution in [2.24, 2.45) is 0 Å². The van der Waals surface area contributed by atoms with Gasteiger partial charge in [0, 0.05) is 29.9 Å². The normalized spacial score (nSPS) is 19.7. The standard InChI is InChI=1S/C24H30F3N5O3S/c1-13-7-6-8-32(13)21(34)17-18(36-20(29-17)19(33)31-23(5)11-35-12-23)14-10-28-16(30-22(2,3)4)9-15(14)24(25,26)27/h9-10,13H,6-8,11-12H2,1-5H3,(H,28,30)(H,31,33). The molecule has 12 heteroatoms. The fourth-order valence-electron chi connectivity index (χ4n) is 4.25. The maximum atomic E-state index is 14.2. The third-order valence-corrected chi connectivity index (χ3v) is 7.14. The molecule has 0 aromatic carbocycles. The highest BCUT2D eigenvalue weighted by Crippen LogP contribution is 2.42. The molecule has 1 atom stereocenters. The number of nitrogens with zero attached hydrogens (tertiary/aromatic N) is 3. The van der Waals surface area contributed by atoms with E-state index < -0.39 is 34.6 Å². The van der Waals surface area contributed by atoms with Gasteiger partial charge in [-0.25, -0.2) is 9.97 Å². The molecule has 0 bridgehead atoms. The van der Waals surface area contributed by atoms with E-state index in [-0.39, 0.29) is 33.0 Å². The van der Waals surface area contributed by atoms with E-state index >= 15 is 0 Å². The molecule has 0 saturated carbocycles. The van der Waals surface area contributed by atoms with Crippen LogP contribution in [0.15, 0.2) is 12.3 Å². The topological polar surface area (TPSA) is 96.5 Å². The molecule has 2 aromatic heterocycles. The summed E-state index contributed by atoms with van der Waals surface area (Å²) >= 11 is 0.762. The van der Waals surface area contributed by atoms with Crippen molar-refractivity contribution in [3.05, 3.63) is 28.5 Å². The lowest BCUT2D eigenvalue weighted by Crippen LogP contribution is -2.59. The van der Waals surface area contributed by atoms with Crippen LogP contribution in [0.1, 0.15) is 73.3 Å². The Balaban J connectivity index is 1.81. The predicted molar refractivity (Wildman–Crippen MR) is 130 cm³/mol. The first-order chi connectivity index (χ1) is 16.7. The van der Waals surface area contributed by atoms with Crippen molar-refractivity contribution < 1.29 is 27.5 Å². The van der Waals surface area contributed by atoms with Crippen LogP contribution in [0, 0.1) is 0 Å². The molecular formula is C24H30F3N5O3S. The smallest absolute Gasteiger partial charge is 0.376 e. The first-order valence-electron chi connectivity index (χ1n) is 11.7. The first kappa shape index (κ1) is 26.3. The maximum absolute atomic E-state index is 14.2. The fourth-order valence-corrected chi connectivity index (χ4v) is 5.22. The van der Waals surface area contributed by atoms with Crippen molar-refractivity contribution >= 4 is 29.0 Å². The number of thiazole rings is 1. The Labute approximate surface area is 211 Å². The molecule has 0 spiro atoms. The third-order valence-electron chi connectivity index (χ3n) is 6.05. The van der Waals surface area contributed by atoms with Gasteiger partial charge in [0.15, 0.2) is 5.01 Å². The van der Waals surface area contributed by atoms with E-state index in [1.807, 2.05) is 27.7 Å². The van der Waals surface area contributed by atoms with Gasteiger partial charge in [0.25, 0.3) is 11.8 Å². The molecule has 4 heterocycles. The number of carbonyl (C=O) groups is 2. The largest absolute Gasteiger partial charge is 0.417 e. The van der Waals surface area contributed by atoms with E-state index in [0.29, 0.717) is 19.8 Å². The van der Waals surface area contributed by atoms with E-state index in [2.05, 4.69) is 20.6 Å². The van der Waals surface area contributed by atoms with E-state index in [1.54, 1.807) is 11.8 Å². The molecule has 4 rings (SSSR count). The lowest BCUT2D eigenvalue weighted by molar-refractivity contribution is -0.137. The second-order valence-electron chi connectivity index (χ2n) is 10.7. The van der Waals surface area contributed by atoms with Crippen molar-refractivity contribution in [1.29, 1.82) is 0 Å². The fraction of sp³-hybridized carbons (Fsp3) is 0.583. The van der Waals surface area contributed by atoms with E-state index in [0.717, 1.165) is 36.4 Å². The van der Waals surface area contributed by atoms with Crippen LogP contribution >= 0.6 is 11.3 Å². The van der Waals surface area contributed by atoms with Crippen LogP contribution in [0.4, 0.5) is 19.0 Å². The maximum Gasteiger partial charge on any atom is 0.417 e. The second-order valence-corrected chi connectivity index (χ2v) is 11.7. The minimum atomic E-state index is -4.73. The molecule has 2 amide bonds. The summed E-state index contributed by atoms with van der Waals surface area (Å²) in [4.78, 5) is 36.5. The number of rotatable bonds is 5. The lowest BCUT2D eigenvalue weighted by atomic mass is 10.0. The number of anilines is 1. The molecule has 2 saturated heterocycles. The van der Waals surface area contributed by atoms with E-state index in [1.165, 1.54) is 0 Å². The van der Waals surface area contributed by atoms with Crippen molar-refractivity contribution in [2.75, 3.05) is 25.1 Å². The number of ether oxygens (including phenoxy) is 1. The Kier molecular flexibility index (Phi) is 6.80. The van der Waals surface area contributed by atoms with Crippen LogP contribution in [0.3, 0.4) is 0 Å². The van der Waals surface area contributed by atoms with Gasteiger partial charge in [-0.1, -0.05) is 0 Å². The monoisotopic (exact) mass is 525 g/mol. The van der Waals surface area contributed by atoms with E-state index in [4.69, 9.17) is 4.74 Å². The summed E-state index contributed by atoms with van der Waals surface area (Å²) in [6, 6.07) is 0.855. The Morgan fingerprint density at radius 1 is 1.25 bits per heavy atom. The van der Waals surface area contributed by atoms with Crippen LogP contribution in [-0.2, 0) is 10.9 Å². The number of pyridine rings is 1. The van der Waals surface area contributed by atoms with E-state index in [9.17, 15) is 22.8 Å². The van der Waals surface area contributed by atoms with Gasteiger partial charge in [-0.15, -0.1) is 11.3 Å². The molecule has 0 aliphatic carbocycles. The number of hydrogen-bond acceptors (Lipinski definition) is 7. The molecule has 2 N–H and O–H groups in total. The number of alkyl halides is 3. The summed E-state index contributed by atoms with van der Waals surface area (Å²) in [6.07, 6.45) is -2.05. The molecule has 2 aromatic rings. The number of nitrogens with one attached hydrogen (secondary N) is 2. The zero-order valence-corrected chi connectivity index (χ0v) is 21.7. The van der Waals surface area contributed by atoms with Crippen LogP contribution in [0.5, 0.6) is 0 Å². The highest BCUT2D eigenvalue weighted by Gasteiger charge is 2.40. The number of halogens is 3. The summed E-state index contributed by atoms with van der Waals surface area (Å²) in [7, 11) is 0. The van der Waals surface area contributed by atoms with Gasteiger partial charge in [0.1, 0.15) is 11.5 Å². The van der Waals surface area contributed by atoms with Gasteiger partial charge in [0.05, 0.1) is 29.2 Å². The molecule has 196 valence electrons. The van der Waals surface area contributed by atoms with Crippen molar-refractivity contribution in [1.82, 2.24) is 20.2 Å². The zero-order chi connectivity index (χ0) is 26.5. The van der Waals surface area contributed by atoms with Crippen LogP contribution in [-0.4, -0.2) is 63.6 Å². The molecule has 0 radical (unpaired) electrons. The average molecular weight is 526 g/mol. The Morgan fingerprint density at radius 3 is 2.47 bits per heavy atom.